The van der Waals surface area contributed by atoms with Gasteiger partial charge in [-0.1, -0.05) is 11.6 Å². The Labute approximate surface area is 93.9 Å². The number of carbonyl (C=O) groups is 1. The molecule has 5 nitrogen and oxygen atoms in total. The van der Waals surface area contributed by atoms with Crippen LogP contribution in [0.1, 0.15) is 0 Å². The van der Waals surface area contributed by atoms with Gasteiger partial charge in [-0.15, -0.1) is 0 Å². The van der Waals surface area contributed by atoms with E-state index in [1.165, 1.54) is 0 Å². The highest BCUT2D eigenvalue weighted by Gasteiger charge is 2.15. The summed E-state index contributed by atoms with van der Waals surface area (Å²) in [5, 5.41) is 0.199. The van der Waals surface area contributed by atoms with Gasteiger partial charge in [-0.2, -0.15) is 0 Å². The van der Waals surface area contributed by atoms with Crippen LogP contribution in [0.4, 0.5) is 0 Å². The highest BCUT2D eigenvalue weighted by atomic mass is 35.5. The zero-order valence-corrected chi connectivity index (χ0v) is 9.15. The molecule has 0 radical (unpaired) electrons. The number of nitrogens with zero attached hydrogens (tertiary/aromatic N) is 2. The van der Waals surface area contributed by atoms with E-state index in [0.29, 0.717) is 18.9 Å². The summed E-state index contributed by atoms with van der Waals surface area (Å²) in [5.74, 6) is 0.615. The van der Waals surface area contributed by atoms with E-state index in [9.17, 15) is 4.79 Å². The second-order valence-electron chi connectivity index (χ2n) is 3.27. The Balaban J connectivity index is 2.49. The average Bonchev–Trinajstić information content (AvgIpc) is 2.26. The lowest BCUT2D eigenvalue weighted by Crippen LogP contribution is -2.46. The molecule has 0 saturated carbocycles. The van der Waals surface area contributed by atoms with Crippen LogP contribution in [0.5, 0.6) is 0 Å². The molecule has 4 N–H and O–H groups in total. The summed E-state index contributed by atoms with van der Waals surface area (Å²) in [7, 11) is 0. The second kappa shape index (κ2) is 5.50. The Kier molecular flexibility index (Phi) is 4.30. The van der Waals surface area contributed by atoms with E-state index in [4.69, 9.17) is 23.1 Å². The van der Waals surface area contributed by atoms with Crippen LogP contribution in [-0.2, 0) is 4.79 Å². The first-order valence-corrected chi connectivity index (χ1v) is 5.04. The van der Waals surface area contributed by atoms with Crippen molar-refractivity contribution in [3.8, 4) is 0 Å². The lowest BCUT2D eigenvalue weighted by molar-refractivity contribution is -0.119. The van der Waals surface area contributed by atoms with Crippen molar-refractivity contribution in [1.82, 2.24) is 9.80 Å². The van der Waals surface area contributed by atoms with E-state index in [2.05, 4.69) is 0 Å². The number of allylic oxidation sites excluding steroid dienone is 2. The quantitative estimate of drug-likeness (QED) is 0.393. The molecule has 0 aromatic heterocycles. The van der Waals surface area contributed by atoms with Crippen molar-refractivity contribution in [3.63, 3.8) is 0 Å². The lowest BCUT2D eigenvalue weighted by atomic mass is 10.3. The van der Waals surface area contributed by atoms with Crippen molar-refractivity contribution in [1.29, 1.82) is 0 Å². The maximum atomic E-state index is 10.5. The van der Waals surface area contributed by atoms with Gasteiger partial charge in [-0.25, -0.2) is 0 Å². The maximum absolute atomic E-state index is 10.5. The Morgan fingerprint density at radius 3 is 2.20 bits per heavy atom. The van der Waals surface area contributed by atoms with E-state index < -0.39 is 0 Å². The highest BCUT2D eigenvalue weighted by Crippen LogP contribution is 2.05. The third-order valence-electron chi connectivity index (χ3n) is 2.24. The van der Waals surface area contributed by atoms with Crippen LogP contribution in [0.15, 0.2) is 23.1 Å². The molecule has 1 rings (SSSR count). The third-order valence-corrected chi connectivity index (χ3v) is 2.37. The van der Waals surface area contributed by atoms with Crippen LogP contribution in [0.2, 0.25) is 0 Å². The first-order valence-electron chi connectivity index (χ1n) is 4.66. The molecule has 0 unspecified atom stereocenters. The lowest BCUT2D eigenvalue weighted by Gasteiger charge is -2.33. The molecule has 1 saturated heterocycles. The Bertz CT molecular complexity index is 278. The zero-order chi connectivity index (χ0) is 11.3. The van der Waals surface area contributed by atoms with Gasteiger partial charge in [-0.05, 0) is 12.2 Å². The minimum Gasteiger partial charge on any atom is -0.389 e. The standard InChI is InChI=1S/C9H15ClN4O/c10-8(11)1-2-9(12)14-5-3-13(7-15)4-6-14/h1-2,7H,3-6,11-12H2/b8-1-,9-2+. The van der Waals surface area contributed by atoms with E-state index in [1.807, 2.05) is 4.90 Å². The number of hydrogen-bond acceptors (Lipinski definition) is 4. The van der Waals surface area contributed by atoms with E-state index in [0.717, 1.165) is 19.5 Å². The zero-order valence-electron chi connectivity index (χ0n) is 8.40. The molecule has 1 amide bonds. The largest absolute Gasteiger partial charge is 0.389 e. The molecular weight excluding hydrogens is 216 g/mol. The van der Waals surface area contributed by atoms with Gasteiger partial charge in [0, 0.05) is 26.2 Å². The fraction of sp³-hybridized carbons (Fsp3) is 0.444. The van der Waals surface area contributed by atoms with Crippen molar-refractivity contribution < 1.29 is 4.79 Å². The van der Waals surface area contributed by atoms with Crippen LogP contribution in [0.25, 0.3) is 0 Å². The predicted molar refractivity (Wildman–Crippen MR) is 59.6 cm³/mol. The van der Waals surface area contributed by atoms with Crippen molar-refractivity contribution >= 4 is 18.0 Å². The molecule has 1 aliphatic rings. The van der Waals surface area contributed by atoms with Gasteiger partial charge in [0.15, 0.2) is 0 Å². The Morgan fingerprint density at radius 1 is 1.13 bits per heavy atom. The summed E-state index contributed by atoms with van der Waals surface area (Å²) in [6.45, 7) is 2.85. The Hall–Kier alpha value is -1.36. The predicted octanol–water partition coefficient (Wildman–Crippen LogP) is -0.401. The fourth-order valence-corrected chi connectivity index (χ4v) is 1.42. The van der Waals surface area contributed by atoms with Gasteiger partial charge in [0.25, 0.3) is 0 Å². The summed E-state index contributed by atoms with van der Waals surface area (Å²) in [6.07, 6.45) is 4.07. The number of hydrogen-bond donors (Lipinski definition) is 2. The van der Waals surface area contributed by atoms with E-state index in [-0.39, 0.29) is 5.16 Å². The van der Waals surface area contributed by atoms with Crippen molar-refractivity contribution in [2.75, 3.05) is 26.2 Å². The number of nitrogens with two attached hydrogens (primary N) is 2. The topological polar surface area (TPSA) is 75.6 Å². The number of halogens is 1. The molecule has 15 heavy (non-hydrogen) atoms. The fourth-order valence-electron chi connectivity index (χ4n) is 1.36. The molecule has 1 heterocycles. The van der Waals surface area contributed by atoms with Gasteiger partial charge in [0.1, 0.15) is 0 Å². The minimum absolute atomic E-state index is 0.199. The normalized spacial score (nSPS) is 19.3. The SMILES string of the molecule is N/C(Cl)=C\C=C(/N)N1CCN(C=O)CC1. The van der Waals surface area contributed by atoms with Crippen LogP contribution in [0, 0.1) is 0 Å². The summed E-state index contributed by atoms with van der Waals surface area (Å²) in [6, 6.07) is 0. The van der Waals surface area contributed by atoms with Crippen molar-refractivity contribution in [3.05, 3.63) is 23.1 Å². The number of piperazine rings is 1. The molecule has 0 spiro atoms. The molecule has 0 atom stereocenters. The first kappa shape index (κ1) is 11.7. The molecular formula is C9H15ClN4O. The van der Waals surface area contributed by atoms with E-state index >= 15 is 0 Å². The van der Waals surface area contributed by atoms with Crippen LogP contribution < -0.4 is 11.5 Å². The molecule has 84 valence electrons. The van der Waals surface area contributed by atoms with Crippen LogP contribution in [-0.4, -0.2) is 42.4 Å². The summed E-state index contributed by atoms with van der Waals surface area (Å²) in [5.41, 5.74) is 11.1. The highest BCUT2D eigenvalue weighted by molar-refractivity contribution is 6.29. The number of carbonyl (C=O) groups excluding carboxylic acids is 1. The van der Waals surface area contributed by atoms with Gasteiger partial charge >= 0.3 is 0 Å². The second-order valence-corrected chi connectivity index (χ2v) is 3.71. The van der Waals surface area contributed by atoms with Crippen molar-refractivity contribution in [2.24, 2.45) is 11.5 Å². The average molecular weight is 231 g/mol. The van der Waals surface area contributed by atoms with Crippen LogP contribution >= 0.6 is 11.6 Å². The van der Waals surface area contributed by atoms with Gasteiger partial charge < -0.3 is 21.3 Å². The van der Waals surface area contributed by atoms with Gasteiger partial charge in [-0.3, -0.25) is 4.79 Å². The molecule has 6 heteroatoms. The first-order chi connectivity index (χ1) is 7.13. The van der Waals surface area contributed by atoms with E-state index in [1.54, 1.807) is 17.1 Å². The molecule has 1 fully saturated rings. The molecule has 0 bridgehead atoms. The van der Waals surface area contributed by atoms with Crippen molar-refractivity contribution in [2.45, 2.75) is 0 Å². The Morgan fingerprint density at radius 2 is 1.73 bits per heavy atom. The van der Waals surface area contributed by atoms with Gasteiger partial charge in [0.05, 0.1) is 11.0 Å². The summed E-state index contributed by atoms with van der Waals surface area (Å²) >= 11 is 5.47. The molecule has 0 aromatic rings. The molecule has 1 aliphatic heterocycles. The minimum atomic E-state index is 0.199. The maximum Gasteiger partial charge on any atom is 0.209 e. The van der Waals surface area contributed by atoms with Gasteiger partial charge in [0.2, 0.25) is 6.41 Å². The molecule has 0 aliphatic carbocycles. The number of rotatable bonds is 3. The number of amides is 1. The smallest absolute Gasteiger partial charge is 0.209 e. The summed E-state index contributed by atoms with van der Waals surface area (Å²) in [4.78, 5) is 14.2. The third kappa shape index (κ3) is 3.71. The monoisotopic (exact) mass is 230 g/mol. The molecule has 0 aromatic carbocycles. The van der Waals surface area contributed by atoms with Crippen LogP contribution in [0.3, 0.4) is 0 Å². The summed E-state index contributed by atoms with van der Waals surface area (Å²) < 4.78 is 0.